The summed E-state index contributed by atoms with van der Waals surface area (Å²) in [5, 5.41) is 13.2. The average Bonchev–Trinajstić information content (AvgIpc) is 3.34. The van der Waals surface area contributed by atoms with Gasteiger partial charge in [-0.1, -0.05) is 28.5 Å². The van der Waals surface area contributed by atoms with E-state index in [1.807, 2.05) is 24.3 Å². The van der Waals surface area contributed by atoms with Crippen molar-refractivity contribution in [3.05, 3.63) is 59.4 Å². The Morgan fingerprint density at radius 1 is 1.04 bits per heavy atom. The van der Waals surface area contributed by atoms with Crippen LogP contribution >= 0.6 is 23.4 Å². The van der Waals surface area contributed by atoms with Gasteiger partial charge in [0.15, 0.2) is 5.76 Å². The van der Waals surface area contributed by atoms with E-state index in [1.54, 1.807) is 24.5 Å². The zero-order valence-electron chi connectivity index (χ0n) is 12.2. The molecule has 120 valence electrons. The number of thioether (sulfide) groups is 1. The van der Waals surface area contributed by atoms with Gasteiger partial charge in [0, 0.05) is 22.4 Å². The van der Waals surface area contributed by atoms with Crippen LogP contribution in [0.1, 0.15) is 5.69 Å². The first-order valence-corrected chi connectivity index (χ1v) is 8.36. The molecule has 0 amide bonds. The van der Waals surface area contributed by atoms with Gasteiger partial charge in [-0.25, -0.2) is 0 Å². The van der Waals surface area contributed by atoms with Crippen molar-refractivity contribution in [2.75, 3.05) is 0 Å². The minimum atomic E-state index is 0.450. The molecule has 3 aromatic heterocycles. The second-order valence-electron chi connectivity index (χ2n) is 4.83. The molecule has 4 rings (SSSR count). The van der Waals surface area contributed by atoms with Gasteiger partial charge in [0.1, 0.15) is 0 Å². The molecular formula is C16H10ClN3O3S. The summed E-state index contributed by atoms with van der Waals surface area (Å²) in [6, 6.07) is 12.6. The molecule has 0 aliphatic rings. The number of halogens is 1. The smallest absolute Gasteiger partial charge is 0.277 e. The van der Waals surface area contributed by atoms with Crippen LogP contribution in [0.4, 0.5) is 0 Å². The summed E-state index contributed by atoms with van der Waals surface area (Å²) in [6.45, 7) is 0. The Morgan fingerprint density at radius 3 is 2.71 bits per heavy atom. The van der Waals surface area contributed by atoms with E-state index in [9.17, 15) is 0 Å². The van der Waals surface area contributed by atoms with Crippen molar-refractivity contribution >= 4 is 23.4 Å². The SMILES string of the molecule is Clc1ccc(-c2nnc(SCc3cc(-c4ccco4)on3)o2)cc1. The Labute approximate surface area is 145 Å². The van der Waals surface area contributed by atoms with Crippen LogP contribution in [0.3, 0.4) is 0 Å². The average molecular weight is 360 g/mol. The summed E-state index contributed by atoms with van der Waals surface area (Å²) >= 11 is 7.25. The molecule has 4 aromatic rings. The van der Waals surface area contributed by atoms with Gasteiger partial charge < -0.3 is 13.4 Å². The first kappa shape index (κ1) is 15.0. The van der Waals surface area contributed by atoms with E-state index in [0.29, 0.717) is 33.4 Å². The number of furan rings is 1. The summed E-state index contributed by atoms with van der Waals surface area (Å²) in [6.07, 6.45) is 1.59. The molecule has 8 heteroatoms. The fourth-order valence-electron chi connectivity index (χ4n) is 2.03. The Hall–Kier alpha value is -2.51. The van der Waals surface area contributed by atoms with Crippen molar-refractivity contribution in [2.24, 2.45) is 0 Å². The van der Waals surface area contributed by atoms with Gasteiger partial charge in [0.25, 0.3) is 5.22 Å². The predicted molar refractivity (Wildman–Crippen MR) is 88.5 cm³/mol. The summed E-state index contributed by atoms with van der Waals surface area (Å²) in [5.74, 6) is 2.22. The molecule has 0 saturated carbocycles. The Bertz CT molecular complexity index is 932. The van der Waals surface area contributed by atoms with E-state index in [4.69, 9.17) is 25.0 Å². The van der Waals surface area contributed by atoms with E-state index in [1.165, 1.54) is 11.8 Å². The molecule has 0 bridgehead atoms. The van der Waals surface area contributed by atoms with Gasteiger partial charge >= 0.3 is 0 Å². The largest absolute Gasteiger partial charge is 0.461 e. The Kier molecular flexibility index (Phi) is 4.10. The Balaban J connectivity index is 1.42. The van der Waals surface area contributed by atoms with E-state index in [-0.39, 0.29) is 0 Å². The highest BCUT2D eigenvalue weighted by molar-refractivity contribution is 7.98. The monoisotopic (exact) mass is 359 g/mol. The van der Waals surface area contributed by atoms with E-state index >= 15 is 0 Å². The molecule has 0 radical (unpaired) electrons. The normalized spacial score (nSPS) is 11.0. The maximum Gasteiger partial charge on any atom is 0.277 e. The lowest BCUT2D eigenvalue weighted by molar-refractivity contribution is 0.413. The highest BCUT2D eigenvalue weighted by Crippen LogP contribution is 2.28. The van der Waals surface area contributed by atoms with Crippen molar-refractivity contribution in [2.45, 2.75) is 11.0 Å². The molecule has 0 aliphatic heterocycles. The highest BCUT2D eigenvalue weighted by Gasteiger charge is 2.12. The quantitative estimate of drug-likeness (QED) is 0.467. The van der Waals surface area contributed by atoms with Crippen molar-refractivity contribution in [3.63, 3.8) is 0 Å². The first-order chi connectivity index (χ1) is 11.8. The Morgan fingerprint density at radius 2 is 1.92 bits per heavy atom. The molecule has 3 heterocycles. The molecule has 0 N–H and O–H groups in total. The third kappa shape index (κ3) is 3.22. The molecule has 1 aromatic carbocycles. The minimum absolute atomic E-state index is 0.450. The fraction of sp³-hybridized carbons (Fsp3) is 0.0625. The van der Waals surface area contributed by atoms with Crippen LogP contribution in [0.25, 0.3) is 23.0 Å². The standard InChI is InChI=1S/C16H10ClN3O3S/c17-11-5-3-10(4-6-11)15-18-19-16(22-15)24-9-12-8-14(23-20-12)13-2-1-7-21-13/h1-8H,9H2. The molecule has 0 fully saturated rings. The zero-order valence-corrected chi connectivity index (χ0v) is 13.8. The summed E-state index contributed by atoms with van der Waals surface area (Å²) < 4.78 is 16.1. The first-order valence-electron chi connectivity index (χ1n) is 6.99. The number of hydrogen-bond donors (Lipinski definition) is 0. The van der Waals surface area contributed by atoms with Gasteiger partial charge in [-0.05, 0) is 36.4 Å². The number of rotatable bonds is 5. The van der Waals surface area contributed by atoms with Crippen LogP contribution in [-0.2, 0) is 5.75 Å². The van der Waals surface area contributed by atoms with Crippen molar-refractivity contribution < 1.29 is 13.4 Å². The molecule has 6 nitrogen and oxygen atoms in total. The molecule has 24 heavy (non-hydrogen) atoms. The second kappa shape index (κ2) is 6.54. The molecule has 0 saturated heterocycles. The molecule has 0 atom stereocenters. The number of aromatic nitrogens is 3. The van der Waals surface area contributed by atoms with Crippen LogP contribution in [0.2, 0.25) is 5.02 Å². The van der Waals surface area contributed by atoms with Crippen molar-refractivity contribution in [3.8, 4) is 23.0 Å². The van der Waals surface area contributed by atoms with Gasteiger partial charge in [0.05, 0.1) is 12.0 Å². The lowest BCUT2D eigenvalue weighted by Gasteiger charge is -1.94. The van der Waals surface area contributed by atoms with Crippen LogP contribution in [0.15, 0.2) is 67.3 Å². The zero-order chi connectivity index (χ0) is 16.4. The van der Waals surface area contributed by atoms with Gasteiger partial charge in [0.2, 0.25) is 11.7 Å². The summed E-state index contributed by atoms with van der Waals surface area (Å²) in [4.78, 5) is 0. The number of nitrogens with zero attached hydrogens (tertiary/aromatic N) is 3. The van der Waals surface area contributed by atoms with Crippen LogP contribution < -0.4 is 0 Å². The third-order valence-corrected chi connectivity index (χ3v) is 4.27. The maximum atomic E-state index is 5.87. The van der Waals surface area contributed by atoms with E-state index in [2.05, 4.69) is 15.4 Å². The van der Waals surface area contributed by atoms with Crippen LogP contribution in [-0.4, -0.2) is 15.4 Å². The number of hydrogen-bond acceptors (Lipinski definition) is 7. The van der Waals surface area contributed by atoms with Crippen LogP contribution in [0, 0.1) is 0 Å². The topological polar surface area (TPSA) is 78.1 Å². The van der Waals surface area contributed by atoms with Gasteiger partial charge in [-0.3, -0.25) is 0 Å². The highest BCUT2D eigenvalue weighted by atomic mass is 35.5. The summed E-state index contributed by atoms with van der Waals surface area (Å²) in [7, 11) is 0. The molecule has 0 spiro atoms. The third-order valence-electron chi connectivity index (χ3n) is 3.16. The molecule has 0 aliphatic carbocycles. The number of benzene rings is 1. The lowest BCUT2D eigenvalue weighted by atomic mass is 10.2. The second-order valence-corrected chi connectivity index (χ2v) is 6.19. The summed E-state index contributed by atoms with van der Waals surface area (Å²) in [5.41, 5.74) is 1.58. The van der Waals surface area contributed by atoms with Crippen molar-refractivity contribution in [1.29, 1.82) is 0 Å². The van der Waals surface area contributed by atoms with Crippen molar-refractivity contribution in [1.82, 2.24) is 15.4 Å². The van der Waals surface area contributed by atoms with Crippen LogP contribution in [0.5, 0.6) is 0 Å². The van der Waals surface area contributed by atoms with Gasteiger partial charge in [-0.15, -0.1) is 10.2 Å². The lowest BCUT2D eigenvalue weighted by Crippen LogP contribution is -1.79. The van der Waals surface area contributed by atoms with E-state index < -0.39 is 0 Å². The van der Waals surface area contributed by atoms with E-state index in [0.717, 1.165) is 11.3 Å². The molecular weight excluding hydrogens is 350 g/mol. The van der Waals surface area contributed by atoms with Gasteiger partial charge in [-0.2, -0.15) is 0 Å². The maximum absolute atomic E-state index is 5.87. The molecule has 0 unspecified atom stereocenters. The minimum Gasteiger partial charge on any atom is -0.461 e. The predicted octanol–water partition coefficient (Wildman–Crippen LogP) is 4.93. The fourth-order valence-corrected chi connectivity index (χ4v) is 2.80.